The fourth-order valence-electron chi connectivity index (χ4n) is 2.92. The van der Waals surface area contributed by atoms with Crippen molar-refractivity contribution in [2.45, 2.75) is 6.92 Å². The minimum Gasteiger partial charge on any atom is -0.307 e. The van der Waals surface area contributed by atoms with Crippen molar-refractivity contribution in [3.05, 3.63) is 88.0 Å². The van der Waals surface area contributed by atoms with Crippen molar-refractivity contribution in [3.63, 3.8) is 0 Å². The maximum Gasteiger partial charge on any atom is 0.257 e. The molecule has 138 valence electrons. The summed E-state index contributed by atoms with van der Waals surface area (Å²) in [5.41, 5.74) is 3.52. The number of nitrogens with zero attached hydrogens (tertiary/aromatic N) is 2. The summed E-state index contributed by atoms with van der Waals surface area (Å²) in [6.45, 7) is 1.94. The van der Waals surface area contributed by atoms with Crippen LogP contribution in [0.1, 0.15) is 15.9 Å². The number of benzene rings is 2. The first-order valence-corrected chi connectivity index (χ1v) is 9.36. The molecule has 2 aromatic carbocycles. The highest BCUT2D eigenvalue weighted by Crippen LogP contribution is 2.32. The van der Waals surface area contributed by atoms with Crippen LogP contribution in [0.4, 0.5) is 5.82 Å². The number of carbonyl (C=O) groups is 1. The lowest BCUT2D eigenvalue weighted by Crippen LogP contribution is -2.14. The Morgan fingerprint density at radius 2 is 1.82 bits per heavy atom. The summed E-state index contributed by atoms with van der Waals surface area (Å²) in [5.74, 6) is 0.226. The lowest BCUT2D eigenvalue weighted by Gasteiger charge is -2.11. The second kappa shape index (κ2) is 7.58. The van der Waals surface area contributed by atoms with E-state index in [4.69, 9.17) is 23.2 Å². The highest BCUT2D eigenvalue weighted by molar-refractivity contribution is 6.36. The van der Waals surface area contributed by atoms with Gasteiger partial charge in [0.15, 0.2) is 0 Å². The average Bonchev–Trinajstić information content (AvgIpc) is 2.69. The predicted octanol–water partition coefficient (Wildman–Crippen LogP) is 6.16. The molecule has 1 amide bonds. The van der Waals surface area contributed by atoms with Crippen LogP contribution in [0.15, 0.2) is 66.9 Å². The molecule has 6 heteroatoms. The number of rotatable bonds is 3. The van der Waals surface area contributed by atoms with Crippen molar-refractivity contribution in [3.8, 4) is 11.3 Å². The Kier molecular flexibility index (Phi) is 4.99. The number of anilines is 1. The standard InChI is InChI=1S/C22H15Cl2N3O/c1-13-6-9-21(25-12-13)27-22(28)17-11-20(16-8-7-14(23)10-18(16)24)26-19-5-3-2-4-15(17)19/h2-12H,1H3,(H,25,27,28). The average molecular weight is 408 g/mol. The number of amides is 1. The number of carbonyl (C=O) groups excluding carboxylic acids is 1. The topological polar surface area (TPSA) is 54.9 Å². The van der Waals surface area contributed by atoms with Crippen LogP contribution in [-0.2, 0) is 0 Å². The molecule has 0 fully saturated rings. The van der Waals surface area contributed by atoms with Crippen LogP contribution in [-0.4, -0.2) is 15.9 Å². The summed E-state index contributed by atoms with van der Waals surface area (Å²) in [4.78, 5) is 21.9. The van der Waals surface area contributed by atoms with Gasteiger partial charge in [0.05, 0.1) is 21.8 Å². The van der Waals surface area contributed by atoms with E-state index < -0.39 is 0 Å². The molecule has 4 nitrogen and oxygen atoms in total. The summed E-state index contributed by atoms with van der Waals surface area (Å²) in [6.07, 6.45) is 1.71. The van der Waals surface area contributed by atoms with E-state index in [1.54, 1.807) is 36.5 Å². The number of para-hydroxylation sites is 1. The molecule has 0 atom stereocenters. The van der Waals surface area contributed by atoms with Crippen LogP contribution in [0.3, 0.4) is 0 Å². The first kappa shape index (κ1) is 18.4. The third kappa shape index (κ3) is 3.70. The second-order valence-corrected chi connectivity index (χ2v) is 7.21. The van der Waals surface area contributed by atoms with Gasteiger partial charge in [-0.2, -0.15) is 0 Å². The fraction of sp³-hybridized carbons (Fsp3) is 0.0455. The van der Waals surface area contributed by atoms with E-state index in [1.807, 2.05) is 37.3 Å². The van der Waals surface area contributed by atoms with Crippen LogP contribution in [0.2, 0.25) is 10.0 Å². The summed E-state index contributed by atoms with van der Waals surface area (Å²) in [7, 11) is 0. The number of fused-ring (bicyclic) bond motifs is 1. The molecule has 0 bridgehead atoms. The van der Waals surface area contributed by atoms with Gasteiger partial charge in [-0.25, -0.2) is 9.97 Å². The van der Waals surface area contributed by atoms with E-state index in [9.17, 15) is 4.79 Å². The Labute approximate surface area is 172 Å². The Bertz CT molecular complexity index is 1190. The van der Waals surface area contributed by atoms with Gasteiger partial charge in [-0.05, 0) is 48.9 Å². The van der Waals surface area contributed by atoms with Crippen LogP contribution in [0.5, 0.6) is 0 Å². The molecule has 0 saturated heterocycles. The number of hydrogen-bond acceptors (Lipinski definition) is 3. The molecule has 4 aromatic rings. The minimum atomic E-state index is -0.263. The lowest BCUT2D eigenvalue weighted by molar-refractivity contribution is 0.102. The Morgan fingerprint density at radius 1 is 1.00 bits per heavy atom. The summed E-state index contributed by atoms with van der Waals surface area (Å²) >= 11 is 12.4. The normalized spacial score (nSPS) is 10.8. The van der Waals surface area contributed by atoms with Crippen LogP contribution >= 0.6 is 23.2 Å². The molecule has 28 heavy (non-hydrogen) atoms. The fourth-order valence-corrected chi connectivity index (χ4v) is 3.43. The minimum absolute atomic E-state index is 0.263. The van der Waals surface area contributed by atoms with Crippen molar-refractivity contribution in [2.75, 3.05) is 5.32 Å². The SMILES string of the molecule is Cc1ccc(NC(=O)c2cc(-c3ccc(Cl)cc3Cl)nc3ccccc23)nc1. The quantitative estimate of drug-likeness (QED) is 0.442. The van der Waals surface area contributed by atoms with Gasteiger partial charge < -0.3 is 5.32 Å². The molecule has 0 aliphatic heterocycles. The first-order valence-electron chi connectivity index (χ1n) is 8.60. The number of halogens is 2. The maximum atomic E-state index is 13.0. The van der Waals surface area contributed by atoms with Crippen LogP contribution < -0.4 is 5.32 Å². The van der Waals surface area contributed by atoms with E-state index in [0.29, 0.717) is 38.2 Å². The Hall–Kier alpha value is -2.95. The highest BCUT2D eigenvalue weighted by Gasteiger charge is 2.16. The van der Waals surface area contributed by atoms with E-state index in [0.717, 1.165) is 10.9 Å². The van der Waals surface area contributed by atoms with Gasteiger partial charge >= 0.3 is 0 Å². The van der Waals surface area contributed by atoms with Crippen molar-refractivity contribution < 1.29 is 4.79 Å². The zero-order chi connectivity index (χ0) is 19.7. The molecule has 2 aromatic heterocycles. The zero-order valence-corrected chi connectivity index (χ0v) is 16.4. The van der Waals surface area contributed by atoms with Gasteiger partial charge in [-0.1, -0.05) is 47.5 Å². The molecular formula is C22H15Cl2N3O. The molecular weight excluding hydrogens is 393 g/mol. The molecule has 0 radical (unpaired) electrons. The molecule has 4 rings (SSSR count). The predicted molar refractivity (Wildman–Crippen MR) is 114 cm³/mol. The summed E-state index contributed by atoms with van der Waals surface area (Å²) in [5, 5.41) is 4.61. The van der Waals surface area contributed by atoms with Crippen molar-refractivity contribution >= 4 is 45.8 Å². The smallest absolute Gasteiger partial charge is 0.257 e. The number of pyridine rings is 2. The van der Waals surface area contributed by atoms with Crippen molar-refractivity contribution in [2.24, 2.45) is 0 Å². The third-order valence-electron chi connectivity index (χ3n) is 4.32. The molecule has 0 aliphatic rings. The van der Waals surface area contributed by atoms with Gasteiger partial charge in [0.1, 0.15) is 5.82 Å². The Morgan fingerprint density at radius 3 is 2.57 bits per heavy atom. The van der Waals surface area contributed by atoms with E-state index in [2.05, 4.69) is 15.3 Å². The number of hydrogen-bond donors (Lipinski definition) is 1. The van der Waals surface area contributed by atoms with Gasteiger partial charge in [0, 0.05) is 22.2 Å². The molecule has 1 N–H and O–H groups in total. The maximum absolute atomic E-state index is 13.0. The molecule has 0 aliphatic carbocycles. The molecule has 0 unspecified atom stereocenters. The number of aryl methyl sites for hydroxylation is 1. The number of aromatic nitrogens is 2. The van der Waals surface area contributed by atoms with E-state index in [-0.39, 0.29) is 5.91 Å². The van der Waals surface area contributed by atoms with Gasteiger partial charge in [-0.3, -0.25) is 4.79 Å². The summed E-state index contributed by atoms with van der Waals surface area (Å²) < 4.78 is 0. The van der Waals surface area contributed by atoms with E-state index >= 15 is 0 Å². The summed E-state index contributed by atoms with van der Waals surface area (Å²) in [6, 6.07) is 18.1. The van der Waals surface area contributed by atoms with Crippen LogP contribution in [0.25, 0.3) is 22.2 Å². The lowest BCUT2D eigenvalue weighted by atomic mass is 10.0. The largest absolute Gasteiger partial charge is 0.307 e. The van der Waals surface area contributed by atoms with E-state index in [1.165, 1.54) is 0 Å². The zero-order valence-electron chi connectivity index (χ0n) is 14.9. The van der Waals surface area contributed by atoms with Gasteiger partial charge in [-0.15, -0.1) is 0 Å². The van der Waals surface area contributed by atoms with Gasteiger partial charge in [0.2, 0.25) is 0 Å². The molecule has 0 saturated carbocycles. The van der Waals surface area contributed by atoms with Gasteiger partial charge in [0.25, 0.3) is 5.91 Å². The van der Waals surface area contributed by atoms with Crippen LogP contribution in [0, 0.1) is 6.92 Å². The molecule has 2 heterocycles. The number of nitrogens with one attached hydrogen (secondary N) is 1. The highest BCUT2D eigenvalue weighted by atomic mass is 35.5. The Balaban J connectivity index is 1.82. The third-order valence-corrected chi connectivity index (χ3v) is 4.87. The van der Waals surface area contributed by atoms with Crippen molar-refractivity contribution in [1.82, 2.24) is 9.97 Å². The molecule has 0 spiro atoms. The van der Waals surface area contributed by atoms with Crippen molar-refractivity contribution in [1.29, 1.82) is 0 Å². The monoisotopic (exact) mass is 407 g/mol. The first-order chi connectivity index (χ1) is 13.5. The second-order valence-electron chi connectivity index (χ2n) is 6.37.